The van der Waals surface area contributed by atoms with Gasteiger partial charge in [0, 0.05) is 13.1 Å². The highest BCUT2D eigenvalue weighted by atomic mass is 16.6. The maximum Gasteiger partial charge on any atom is 0.410 e. The Bertz CT molecular complexity index is 312. The molecule has 4 nitrogen and oxygen atoms in total. The highest BCUT2D eigenvalue weighted by Gasteiger charge is 2.30. The molecule has 0 aromatic heterocycles. The second-order valence-corrected chi connectivity index (χ2v) is 7.36. The number of amides is 1. The van der Waals surface area contributed by atoms with Crippen molar-refractivity contribution in [3.05, 3.63) is 0 Å². The lowest BCUT2D eigenvalue weighted by atomic mass is 9.83. The van der Waals surface area contributed by atoms with Crippen molar-refractivity contribution in [3.8, 4) is 0 Å². The quantitative estimate of drug-likeness (QED) is 0.859. The molecule has 20 heavy (non-hydrogen) atoms. The number of aliphatic hydroxyl groups is 1. The number of rotatable bonds is 4. The van der Waals surface area contributed by atoms with Crippen molar-refractivity contribution < 1.29 is 14.6 Å². The van der Waals surface area contributed by atoms with Gasteiger partial charge in [-0.15, -0.1) is 0 Å². The summed E-state index contributed by atoms with van der Waals surface area (Å²) in [5.74, 6) is 0.509. The first kappa shape index (κ1) is 17.3. The van der Waals surface area contributed by atoms with Gasteiger partial charge in [0.1, 0.15) is 5.60 Å². The van der Waals surface area contributed by atoms with Crippen LogP contribution in [0.4, 0.5) is 4.79 Å². The van der Waals surface area contributed by atoms with Gasteiger partial charge < -0.3 is 14.7 Å². The van der Waals surface area contributed by atoms with Gasteiger partial charge in [0.15, 0.2) is 0 Å². The van der Waals surface area contributed by atoms with E-state index in [1.165, 1.54) is 0 Å². The molecule has 0 bridgehead atoms. The van der Waals surface area contributed by atoms with Gasteiger partial charge in [0.25, 0.3) is 0 Å². The lowest BCUT2D eigenvalue weighted by molar-refractivity contribution is 0.00133. The van der Waals surface area contributed by atoms with Crippen LogP contribution in [0.2, 0.25) is 0 Å². The fourth-order valence-corrected chi connectivity index (χ4v) is 2.91. The zero-order valence-electron chi connectivity index (χ0n) is 13.7. The first-order valence-corrected chi connectivity index (χ1v) is 7.83. The molecule has 1 amide bonds. The number of nitrogens with zero attached hydrogens (tertiary/aromatic N) is 1. The summed E-state index contributed by atoms with van der Waals surface area (Å²) in [5.41, 5.74) is -0.994. The minimum Gasteiger partial charge on any atom is -0.444 e. The van der Waals surface area contributed by atoms with Crippen LogP contribution in [0.3, 0.4) is 0 Å². The minimum absolute atomic E-state index is 0.212. The fraction of sp³-hybridized carbons (Fsp3) is 0.938. The standard InChI is InChI=1S/C16H31NO3/c1-6-9-16(5,19)12-13-7-10-17(11-8-13)14(18)20-15(2,3)4/h13,19H,6-12H2,1-5H3/t16-/m1/s1. The van der Waals surface area contributed by atoms with E-state index in [2.05, 4.69) is 6.92 Å². The van der Waals surface area contributed by atoms with E-state index in [1.54, 1.807) is 4.90 Å². The number of carbonyl (C=O) groups excluding carboxylic acids is 1. The molecule has 1 aliphatic heterocycles. The van der Waals surface area contributed by atoms with Crippen molar-refractivity contribution >= 4 is 6.09 Å². The Morgan fingerprint density at radius 1 is 1.25 bits per heavy atom. The zero-order valence-corrected chi connectivity index (χ0v) is 13.7. The molecule has 0 saturated carbocycles. The zero-order chi connectivity index (χ0) is 15.4. The van der Waals surface area contributed by atoms with Gasteiger partial charge in [-0.3, -0.25) is 0 Å². The summed E-state index contributed by atoms with van der Waals surface area (Å²) in [6.45, 7) is 11.2. The highest BCUT2D eigenvalue weighted by molar-refractivity contribution is 5.68. The molecule has 1 saturated heterocycles. The number of hydrogen-bond acceptors (Lipinski definition) is 3. The molecule has 0 radical (unpaired) electrons. The highest BCUT2D eigenvalue weighted by Crippen LogP contribution is 2.29. The molecular weight excluding hydrogens is 254 g/mol. The van der Waals surface area contributed by atoms with E-state index in [0.29, 0.717) is 5.92 Å². The third-order valence-electron chi connectivity index (χ3n) is 3.78. The lowest BCUT2D eigenvalue weighted by Crippen LogP contribution is -2.42. The van der Waals surface area contributed by atoms with Crippen LogP contribution in [0.1, 0.15) is 66.7 Å². The molecule has 0 unspecified atom stereocenters. The smallest absolute Gasteiger partial charge is 0.410 e. The topological polar surface area (TPSA) is 49.8 Å². The Kier molecular flexibility index (Phi) is 5.87. The number of likely N-dealkylation sites (tertiary alicyclic amines) is 1. The van der Waals surface area contributed by atoms with Crippen LogP contribution < -0.4 is 0 Å². The predicted octanol–water partition coefficient (Wildman–Crippen LogP) is 3.57. The Balaban J connectivity index is 2.38. The molecule has 0 spiro atoms. The molecule has 1 heterocycles. The van der Waals surface area contributed by atoms with E-state index in [-0.39, 0.29) is 6.09 Å². The van der Waals surface area contributed by atoms with Crippen molar-refractivity contribution in [2.75, 3.05) is 13.1 Å². The second-order valence-electron chi connectivity index (χ2n) is 7.36. The Labute approximate surface area is 123 Å². The lowest BCUT2D eigenvalue weighted by Gasteiger charge is -2.36. The van der Waals surface area contributed by atoms with Crippen LogP contribution in [-0.2, 0) is 4.74 Å². The molecule has 1 atom stereocenters. The summed E-state index contributed by atoms with van der Waals surface area (Å²) in [6.07, 6.45) is 4.39. The molecule has 1 fully saturated rings. The second kappa shape index (κ2) is 6.79. The van der Waals surface area contributed by atoms with Gasteiger partial charge in [-0.05, 0) is 59.3 Å². The molecule has 0 aliphatic carbocycles. The summed E-state index contributed by atoms with van der Waals surface area (Å²) in [6, 6.07) is 0. The molecule has 118 valence electrons. The van der Waals surface area contributed by atoms with Gasteiger partial charge in [0.05, 0.1) is 5.60 Å². The van der Waals surface area contributed by atoms with Gasteiger partial charge >= 0.3 is 6.09 Å². The molecule has 0 aromatic carbocycles. The number of ether oxygens (including phenoxy) is 1. The molecule has 0 aromatic rings. The Hall–Kier alpha value is -0.770. The third-order valence-corrected chi connectivity index (χ3v) is 3.78. The monoisotopic (exact) mass is 285 g/mol. The normalized spacial score (nSPS) is 20.6. The Morgan fingerprint density at radius 2 is 1.80 bits per heavy atom. The van der Waals surface area contributed by atoms with Gasteiger partial charge in [-0.2, -0.15) is 0 Å². The summed E-state index contributed by atoms with van der Waals surface area (Å²) < 4.78 is 5.39. The Morgan fingerprint density at radius 3 is 2.25 bits per heavy atom. The maximum atomic E-state index is 12.0. The van der Waals surface area contributed by atoms with Crippen molar-refractivity contribution in [1.29, 1.82) is 0 Å². The van der Waals surface area contributed by atoms with E-state index in [4.69, 9.17) is 4.74 Å². The summed E-state index contributed by atoms with van der Waals surface area (Å²) in [5, 5.41) is 10.3. The fourth-order valence-electron chi connectivity index (χ4n) is 2.91. The van der Waals surface area contributed by atoms with Crippen molar-refractivity contribution in [2.45, 2.75) is 77.9 Å². The molecule has 4 heteroatoms. The van der Waals surface area contributed by atoms with E-state index < -0.39 is 11.2 Å². The summed E-state index contributed by atoms with van der Waals surface area (Å²) in [7, 11) is 0. The van der Waals surface area contributed by atoms with E-state index in [0.717, 1.165) is 45.2 Å². The largest absolute Gasteiger partial charge is 0.444 e. The minimum atomic E-state index is -0.562. The van der Waals surface area contributed by atoms with E-state index >= 15 is 0 Å². The van der Waals surface area contributed by atoms with Crippen LogP contribution in [0.15, 0.2) is 0 Å². The van der Waals surface area contributed by atoms with Crippen LogP contribution in [0, 0.1) is 5.92 Å². The molecule has 1 rings (SSSR count). The predicted molar refractivity (Wildman–Crippen MR) is 80.7 cm³/mol. The number of piperidine rings is 1. The molecular formula is C16H31NO3. The molecule has 1 N–H and O–H groups in total. The average Bonchev–Trinajstić information content (AvgIpc) is 2.26. The maximum absolute atomic E-state index is 12.0. The van der Waals surface area contributed by atoms with E-state index in [1.807, 2.05) is 27.7 Å². The van der Waals surface area contributed by atoms with Crippen molar-refractivity contribution in [1.82, 2.24) is 4.90 Å². The van der Waals surface area contributed by atoms with Crippen molar-refractivity contribution in [2.24, 2.45) is 5.92 Å². The average molecular weight is 285 g/mol. The van der Waals surface area contributed by atoms with Crippen LogP contribution in [0.25, 0.3) is 0 Å². The number of hydrogen-bond donors (Lipinski definition) is 1. The number of carbonyl (C=O) groups is 1. The summed E-state index contributed by atoms with van der Waals surface area (Å²) in [4.78, 5) is 13.8. The third kappa shape index (κ3) is 6.12. The van der Waals surface area contributed by atoms with E-state index in [9.17, 15) is 9.90 Å². The SMILES string of the molecule is CCC[C@@](C)(O)CC1CCN(C(=O)OC(C)(C)C)CC1. The summed E-state index contributed by atoms with van der Waals surface area (Å²) >= 11 is 0. The van der Waals surface area contributed by atoms with Crippen LogP contribution in [0.5, 0.6) is 0 Å². The van der Waals surface area contributed by atoms with Crippen molar-refractivity contribution in [3.63, 3.8) is 0 Å². The molecule has 1 aliphatic rings. The van der Waals surface area contributed by atoms with Crippen LogP contribution >= 0.6 is 0 Å². The first-order valence-electron chi connectivity index (χ1n) is 7.83. The first-order chi connectivity index (χ1) is 9.13. The van der Waals surface area contributed by atoms with Crippen LogP contribution in [-0.4, -0.2) is 40.4 Å². The van der Waals surface area contributed by atoms with Gasteiger partial charge in [0.2, 0.25) is 0 Å². The van der Waals surface area contributed by atoms with Gasteiger partial charge in [-0.25, -0.2) is 4.79 Å². The van der Waals surface area contributed by atoms with Gasteiger partial charge in [-0.1, -0.05) is 13.3 Å².